The summed E-state index contributed by atoms with van der Waals surface area (Å²) in [5, 5.41) is 1.07. The summed E-state index contributed by atoms with van der Waals surface area (Å²) >= 11 is 0. The highest BCUT2D eigenvalue weighted by molar-refractivity contribution is 5.98. The Morgan fingerprint density at radius 3 is 2.91 bits per heavy atom. The Balaban J connectivity index is 1.71. The molecule has 1 aliphatic rings. The van der Waals surface area contributed by atoms with Crippen molar-refractivity contribution in [1.29, 1.82) is 0 Å². The number of carbonyl (C=O) groups excluding carboxylic acids is 1. The van der Waals surface area contributed by atoms with Crippen molar-refractivity contribution in [2.75, 3.05) is 34.3 Å². The third-order valence-corrected chi connectivity index (χ3v) is 4.82. The van der Waals surface area contributed by atoms with Crippen LogP contribution in [0.5, 0.6) is 0 Å². The van der Waals surface area contributed by atoms with Crippen molar-refractivity contribution < 1.29 is 9.53 Å². The monoisotopic (exact) mass is 315 g/mol. The van der Waals surface area contributed by atoms with E-state index in [1.165, 1.54) is 5.56 Å². The third-order valence-electron chi connectivity index (χ3n) is 4.82. The summed E-state index contributed by atoms with van der Waals surface area (Å²) < 4.78 is 5.44. The van der Waals surface area contributed by atoms with Crippen molar-refractivity contribution in [3.8, 4) is 0 Å². The molecule has 1 aromatic heterocycles. The molecule has 3 rings (SSSR count). The second-order valence-electron chi connectivity index (χ2n) is 6.65. The Hall–Kier alpha value is -1.85. The molecule has 1 N–H and O–H groups in total. The molecular weight excluding hydrogens is 290 g/mol. The number of likely N-dealkylation sites (tertiary alicyclic amines) is 1. The SMILES string of the molecule is CO[C@H]1C[C@@H](CN(C)C(=O)c2cc3ccc(C)cc3[nH]2)N(C)C1. The zero-order valence-electron chi connectivity index (χ0n) is 14.3. The van der Waals surface area contributed by atoms with Crippen LogP contribution in [0.4, 0.5) is 0 Å². The largest absolute Gasteiger partial charge is 0.380 e. The molecule has 0 unspecified atom stereocenters. The maximum Gasteiger partial charge on any atom is 0.270 e. The van der Waals surface area contributed by atoms with E-state index in [9.17, 15) is 4.79 Å². The molecule has 0 aliphatic carbocycles. The fourth-order valence-corrected chi connectivity index (χ4v) is 3.37. The zero-order valence-corrected chi connectivity index (χ0v) is 14.3. The first-order valence-corrected chi connectivity index (χ1v) is 8.06. The van der Waals surface area contributed by atoms with Crippen LogP contribution in [0, 0.1) is 6.92 Å². The first kappa shape index (κ1) is 16.0. The van der Waals surface area contributed by atoms with Gasteiger partial charge < -0.3 is 14.6 Å². The Labute approximate surface area is 137 Å². The molecular formula is C18H25N3O2. The maximum atomic E-state index is 12.7. The van der Waals surface area contributed by atoms with Crippen LogP contribution in [0.3, 0.4) is 0 Å². The topological polar surface area (TPSA) is 48.6 Å². The lowest BCUT2D eigenvalue weighted by Crippen LogP contribution is -2.39. The number of aryl methyl sites for hydroxylation is 1. The molecule has 0 saturated carbocycles. The number of nitrogens with one attached hydrogen (secondary N) is 1. The molecule has 1 amide bonds. The minimum absolute atomic E-state index is 0.0353. The smallest absolute Gasteiger partial charge is 0.270 e. The van der Waals surface area contributed by atoms with Gasteiger partial charge in [0.05, 0.1) is 6.10 Å². The maximum absolute atomic E-state index is 12.7. The van der Waals surface area contributed by atoms with E-state index in [1.807, 2.05) is 19.2 Å². The van der Waals surface area contributed by atoms with Crippen LogP contribution in [-0.4, -0.2) is 67.1 Å². The van der Waals surface area contributed by atoms with Crippen LogP contribution in [0.1, 0.15) is 22.5 Å². The van der Waals surface area contributed by atoms with Crippen LogP contribution >= 0.6 is 0 Å². The number of ether oxygens (including phenoxy) is 1. The highest BCUT2D eigenvalue weighted by Gasteiger charge is 2.31. The highest BCUT2D eigenvalue weighted by Crippen LogP contribution is 2.21. The van der Waals surface area contributed by atoms with Crippen LogP contribution in [0.2, 0.25) is 0 Å². The highest BCUT2D eigenvalue weighted by atomic mass is 16.5. The van der Waals surface area contributed by atoms with Crippen LogP contribution in [-0.2, 0) is 4.74 Å². The zero-order chi connectivity index (χ0) is 16.6. The Morgan fingerprint density at radius 1 is 1.43 bits per heavy atom. The number of amides is 1. The Kier molecular flexibility index (Phi) is 4.41. The van der Waals surface area contributed by atoms with Gasteiger partial charge in [-0.05, 0) is 38.1 Å². The number of aromatic amines is 1. The van der Waals surface area contributed by atoms with E-state index in [2.05, 4.69) is 36.0 Å². The van der Waals surface area contributed by atoms with Crippen molar-refractivity contribution in [3.63, 3.8) is 0 Å². The minimum atomic E-state index is 0.0353. The molecule has 2 aromatic rings. The minimum Gasteiger partial charge on any atom is -0.380 e. The van der Waals surface area contributed by atoms with E-state index in [-0.39, 0.29) is 12.0 Å². The second kappa shape index (κ2) is 6.34. The lowest BCUT2D eigenvalue weighted by Gasteiger charge is -2.25. The normalized spacial score (nSPS) is 21.9. The van der Waals surface area contributed by atoms with Crippen molar-refractivity contribution in [3.05, 3.63) is 35.5 Å². The number of hydrogen-bond acceptors (Lipinski definition) is 3. The Bertz CT molecular complexity index is 709. The summed E-state index contributed by atoms with van der Waals surface area (Å²) in [6.45, 7) is 3.69. The molecule has 23 heavy (non-hydrogen) atoms. The van der Waals surface area contributed by atoms with Crippen molar-refractivity contribution in [2.24, 2.45) is 0 Å². The molecule has 1 aliphatic heterocycles. The fraction of sp³-hybridized carbons (Fsp3) is 0.500. The van der Waals surface area contributed by atoms with Crippen LogP contribution in [0.25, 0.3) is 10.9 Å². The van der Waals surface area contributed by atoms with Gasteiger partial charge in [-0.2, -0.15) is 0 Å². The van der Waals surface area contributed by atoms with Gasteiger partial charge in [-0.1, -0.05) is 12.1 Å². The van der Waals surface area contributed by atoms with Gasteiger partial charge in [-0.15, -0.1) is 0 Å². The molecule has 5 heteroatoms. The standard InChI is InChI=1S/C18H25N3O2/c1-12-5-6-13-8-17(19-16(13)7-12)18(22)21(3)10-14-9-15(23-4)11-20(14)2/h5-8,14-15,19H,9-11H2,1-4H3/t14-,15-/m0/s1. The van der Waals surface area contributed by atoms with Crippen LogP contribution < -0.4 is 0 Å². The number of fused-ring (bicyclic) bond motifs is 1. The van der Waals surface area contributed by atoms with Crippen molar-refractivity contribution >= 4 is 16.8 Å². The molecule has 1 saturated heterocycles. The summed E-state index contributed by atoms with van der Waals surface area (Å²) in [6.07, 6.45) is 1.24. The van der Waals surface area contributed by atoms with Gasteiger partial charge in [0.1, 0.15) is 5.69 Å². The van der Waals surface area contributed by atoms with Crippen molar-refractivity contribution in [1.82, 2.24) is 14.8 Å². The Morgan fingerprint density at radius 2 is 2.22 bits per heavy atom. The van der Waals surface area contributed by atoms with E-state index in [0.717, 1.165) is 23.9 Å². The number of nitrogens with zero attached hydrogens (tertiary/aromatic N) is 2. The summed E-state index contributed by atoms with van der Waals surface area (Å²) in [4.78, 5) is 20.0. The second-order valence-corrected chi connectivity index (χ2v) is 6.65. The molecule has 124 valence electrons. The number of aromatic nitrogens is 1. The average Bonchev–Trinajstić information content (AvgIpc) is 3.09. The predicted octanol–water partition coefficient (Wildman–Crippen LogP) is 2.27. The van der Waals surface area contributed by atoms with E-state index >= 15 is 0 Å². The number of carbonyl (C=O) groups is 1. The third kappa shape index (κ3) is 3.26. The molecule has 2 atom stereocenters. The summed E-state index contributed by atoms with van der Waals surface area (Å²) in [6, 6.07) is 8.46. The number of rotatable bonds is 4. The molecule has 5 nitrogen and oxygen atoms in total. The number of H-pyrrole nitrogens is 1. The van der Waals surface area contributed by atoms with Gasteiger partial charge in [0.25, 0.3) is 5.91 Å². The summed E-state index contributed by atoms with van der Waals surface area (Å²) in [5.41, 5.74) is 2.85. The van der Waals surface area contributed by atoms with Gasteiger partial charge in [0.15, 0.2) is 0 Å². The number of hydrogen-bond donors (Lipinski definition) is 1. The lowest BCUT2D eigenvalue weighted by molar-refractivity contribution is 0.0755. The van der Waals surface area contributed by atoms with E-state index in [4.69, 9.17) is 4.74 Å². The van der Waals surface area contributed by atoms with Crippen LogP contribution in [0.15, 0.2) is 24.3 Å². The van der Waals surface area contributed by atoms with Gasteiger partial charge >= 0.3 is 0 Å². The van der Waals surface area contributed by atoms with Gasteiger partial charge in [-0.3, -0.25) is 9.69 Å². The first-order chi connectivity index (χ1) is 11.0. The predicted molar refractivity (Wildman–Crippen MR) is 91.8 cm³/mol. The molecule has 0 radical (unpaired) electrons. The molecule has 0 spiro atoms. The summed E-state index contributed by atoms with van der Waals surface area (Å²) in [5.74, 6) is 0.0353. The van der Waals surface area contributed by atoms with Crippen molar-refractivity contribution in [2.45, 2.75) is 25.5 Å². The fourth-order valence-electron chi connectivity index (χ4n) is 3.37. The lowest BCUT2D eigenvalue weighted by atomic mass is 10.2. The number of methoxy groups -OCH3 is 1. The summed E-state index contributed by atoms with van der Waals surface area (Å²) in [7, 11) is 5.71. The molecule has 0 bridgehead atoms. The number of benzene rings is 1. The van der Waals surface area contributed by atoms with E-state index in [0.29, 0.717) is 18.3 Å². The van der Waals surface area contributed by atoms with Gasteiger partial charge in [0.2, 0.25) is 0 Å². The van der Waals surface area contributed by atoms with E-state index in [1.54, 1.807) is 12.0 Å². The molecule has 1 fully saturated rings. The molecule has 2 heterocycles. The number of likely N-dealkylation sites (N-methyl/N-ethyl adjacent to an activating group) is 2. The first-order valence-electron chi connectivity index (χ1n) is 8.06. The van der Waals surface area contributed by atoms with E-state index < -0.39 is 0 Å². The molecule has 1 aromatic carbocycles. The van der Waals surface area contributed by atoms with Gasteiger partial charge in [0, 0.05) is 44.2 Å². The average molecular weight is 315 g/mol. The quantitative estimate of drug-likeness (QED) is 0.941. The van der Waals surface area contributed by atoms with Gasteiger partial charge in [-0.25, -0.2) is 0 Å².